The summed E-state index contributed by atoms with van der Waals surface area (Å²) < 4.78 is 5.28. The monoisotopic (exact) mass is 441 g/mol. The van der Waals surface area contributed by atoms with Crippen LogP contribution in [0.2, 0.25) is 0 Å². The zero-order valence-electron chi connectivity index (χ0n) is 20.2. The number of amides is 2. The van der Waals surface area contributed by atoms with E-state index in [-0.39, 0.29) is 16.9 Å². The van der Waals surface area contributed by atoms with Crippen LogP contribution in [-0.2, 0) is 4.79 Å². The summed E-state index contributed by atoms with van der Waals surface area (Å²) >= 11 is 0. The van der Waals surface area contributed by atoms with Crippen molar-refractivity contribution in [1.29, 1.82) is 0 Å². The molecule has 3 aliphatic rings. The lowest BCUT2D eigenvalue weighted by molar-refractivity contribution is -0.140. The fraction of sp³-hybridized carbons (Fsp3) is 0.692. The quantitative estimate of drug-likeness (QED) is 0.700. The first-order chi connectivity index (χ1) is 15.3. The summed E-state index contributed by atoms with van der Waals surface area (Å²) in [6.45, 7) is 12.0. The molecule has 3 heterocycles. The average molecular weight is 442 g/mol. The van der Waals surface area contributed by atoms with Crippen LogP contribution in [0.25, 0.3) is 0 Å². The molecule has 2 spiro atoms. The zero-order chi connectivity index (χ0) is 22.9. The van der Waals surface area contributed by atoms with Crippen molar-refractivity contribution in [3.8, 4) is 5.75 Å². The molecule has 1 aromatic carbocycles. The molecule has 2 amide bonds. The van der Waals surface area contributed by atoms with Crippen molar-refractivity contribution in [2.24, 2.45) is 11.3 Å². The molecule has 3 fully saturated rings. The van der Waals surface area contributed by atoms with Gasteiger partial charge in [-0.25, -0.2) is 0 Å². The number of nitrogens with zero attached hydrogens (tertiary/aromatic N) is 3. The molecule has 0 aliphatic carbocycles. The molecule has 0 radical (unpaired) electrons. The van der Waals surface area contributed by atoms with Crippen molar-refractivity contribution in [1.82, 2.24) is 14.7 Å². The van der Waals surface area contributed by atoms with Crippen LogP contribution in [-0.4, -0.2) is 78.4 Å². The molecular formula is C26H39N3O3. The third kappa shape index (κ3) is 4.14. The first-order valence-corrected chi connectivity index (χ1v) is 12.3. The van der Waals surface area contributed by atoms with Crippen molar-refractivity contribution < 1.29 is 14.3 Å². The van der Waals surface area contributed by atoms with Gasteiger partial charge in [-0.3, -0.25) is 9.59 Å². The second-order valence-electron chi connectivity index (χ2n) is 10.4. The van der Waals surface area contributed by atoms with Crippen LogP contribution >= 0.6 is 0 Å². The Balaban J connectivity index is 1.44. The summed E-state index contributed by atoms with van der Waals surface area (Å²) in [6.07, 6.45) is 4.66. The molecule has 176 valence electrons. The molecule has 0 aromatic heterocycles. The van der Waals surface area contributed by atoms with Crippen LogP contribution in [0.5, 0.6) is 5.75 Å². The molecule has 0 bridgehead atoms. The molecule has 3 aliphatic heterocycles. The number of benzene rings is 1. The van der Waals surface area contributed by atoms with Crippen LogP contribution in [0.1, 0.15) is 63.2 Å². The smallest absolute Gasteiger partial charge is 0.253 e. The van der Waals surface area contributed by atoms with Gasteiger partial charge in [-0.15, -0.1) is 0 Å². The lowest BCUT2D eigenvalue weighted by Crippen LogP contribution is -2.54. The summed E-state index contributed by atoms with van der Waals surface area (Å²) in [4.78, 5) is 33.4. The zero-order valence-corrected chi connectivity index (χ0v) is 20.2. The largest absolute Gasteiger partial charge is 0.497 e. The third-order valence-corrected chi connectivity index (χ3v) is 7.99. The normalized spacial score (nSPS) is 22.8. The van der Waals surface area contributed by atoms with E-state index in [1.807, 2.05) is 29.2 Å². The van der Waals surface area contributed by atoms with Gasteiger partial charge in [-0.1, -0.05) is 19.9 Å². The highest BCUT2D eigenvalue weighted by molar-refractivity contribution is 5.94. The van der Waals surface area contributed by atoms with E-state index in [2.05, 4.69) is 30.6 Å². The number of ether oxygens (including phenoxy) is 1. The van der Waals surface area contributed by atoms with Crippen LogP contribution in [0.3, 0.4) is 0 Å². The summed E-state index contributed by atoms with van der Waals surface area (Å²) in [6, 6.07) is 7.38. The fourth-order valence-electron chi connectivity index (χ4n) is 6.36. The van der Waals surface area contributed by atoms with Gasteiger partial charge in [0, 0.05) is 37.3 Å². The van der Waals surface area contributed by atoms with Gasteiger partial charge in [0.25, 0.3) is 5.91 Å². The molecule has 0 saturated carbocycles. The molecule has 1 aromatic rings. The predicted molar refractivity (Wildman–Crippen MR) is 126 cm³/mol. The number of methoxy groups -OCH3 is 1. The number of hydrogen-bond donors (Lipinski definition) is 0. The molecular weight excluding hydrogens is 402 g/mol. The highest BCUT2D eigenvalue weighted by atomic mass is 16.5. The molecule has 0 N–H and O–H groups in total. The van der Waals surface area contributed by atoms with Crippen molar-refractivity contribution >= 4 is 11.8 Å². The standard InChI is InChI=1S/C26H39N3O3/c1-5-29-24(31)25(9-13-27(14-10-25)18-20(2)3)19-26(29)11-15-28(16-12-26)23(30)21-7-6-8-22(17-21)32-4/h6-8,17,20H,5,9-16,18-19H2,1-4H3. The molecule has 6 heteroatoms. The lowest BCUT2D eigenvalue weighted by Gasteiger charge is -2.45. The van der Waals surface area contributed by atoms with Gasteiger partial charge in [0.05, 0.1) is 12.5 Å². The SMILES string of the molecule is CCN1C(=O)C2(CCN(CC(C)C)CC2)CC12CCN(C(=O)c1cccc(OC)c1)CC2. The van der Waals surface area contributed by atoms with Crippen molar-refractivity contribution in [2.45, 2.75) is 58.4 Å². The minimum Gasteiger partial charge on any atom is -0.497 e. The molecule has 0 atom stereocenters. The van der Waals surface area contributed by atoms with E-state index < -0.39 is 0 Å². The highest BCUT2D eigenvalue weighted by Crippen LogP contribution is 2.52. The minimum atomic E-state index is -0.192. The van der Waals surface area contributed by atoms with Gasteiger partial charge in [-0.05, 0) is 76.2 Å². The van der Waals surface area contributed by atoms with Gasteiger partial charge < -0.3 is 19.4 Å². The molecule has 0 unspecified atom stereocenters. The maximum absolute atomic E-state index is 13.6. The number of hydrogen-bond acceptors (Lipinski definition) is 4. The van der Waals surface area contributed by atoms with Gasteiger partial charge in [0.2, 0.25) is 5.91 Å². The average Bonchev–Trinajstić information content (AvgIpc) is 3.01. The van der Waals surface area contributed by atoms with Crippen LogP contribution in [0.4, 0.5) is 0 Å². The number of rotatable bonds is 5. The Morgan fingerprint density at radius 3 is 2.38 bits per heavy atom. The lowest BCUT2D eigenvalue weighted by atomic mass is 9.71. The molecule has 3 saturated heterocycles. The Kier molecular flexibility index (Phi) is 6.53. The Morgan fingerprint density at radius 2 is 1.78 bits per heavy atom. The van der Waals surface area contributed by atoms with E-state index in [0.29, 0.717) is 36.2 Å². The number of piperidine rings is 2. The van der Waals surface area contributed by atoms with Crippen molar-refractivity contribution in [3.05, 3.63) is 29.8 Å². The van der Waals surface area contributed by atoms with Crippen molar-refractivity contribution in [3.63, 3.8) is 0 Å². The van der Waals surface area contributed by atoms with Gasteiger partial charge >= 0.3 is 0 Å². The third-order valence-electron chi connectivity index (χ3n) is 7.99. The van der Waals surface area contributed by atoms with Crippen LogP contribution < -0.4 is 4.74 Å². The van der Waals surface area contributed by atoms with E-state index in [9.17, 15) is 9.59 Å². The Labute approximate surface area is 192 Å². The highest BCUT2D eigenvalue weighted by Gasteiger charge is 2.59. The second-order valence-corrected chi connectivity index (χ2v) is 10.4. The summed E-state index contributed by atoms with van der Waals surface area (Å²) in [5, 5.41) is 0. The summed E-state index contributed by atoms with van der Waals surface area (Å²) in [5.74, 6) is 1.79. The van der Waals surface area contributed by atoms with Crippen LogP contribution in [0, 0.1) is 11.3 Å². The molecule has 32 heavy (non-hydrogen) atoms. The molecule has 4 rings (SSSR count). The fourth-order valence-corrected chi connectivity index (χ4v) is 6.36. The first kappa shape index (κ1) is 23.1. The van der Waals surface area contributed by atoms with E-state index in [1.165, 1.54) is 0 Å². The van der Waals surface area contributed by atoms with Gasteiger partial charge in [-0.2, -0.15) is 0 Å². The van der Waals surface area contributed by atoms with E-state index in [1.54, 1.807) is 7.11 Å². The van der Waals surface area contributed by atoms with Gasteiger partial charge in [0.15, 0.2) is 0 Å². The van der Waals surface area contributed by atoms with E-state index >= 15 is 0 Å². The Bertz CT molecular complexity index is 836. The maximum Gasteiger partial charge on any atom is 0.253 e. The minimum absolute atomic E-state index is 0.0582. The molecule has 6 nitrogen and oxygen atoms in total. The Hall–Kier alpha value is -2.08. The van der Waals surface area contributed by atoms with E-state index in [4.69, 9.17) is 4.74 Å². The van der Waals surface area contributed by atoms with E-state index in [0.717, 1.165) is 58.3 Å². The summed E-state index contributed by atoms with van der Waals surface area (Å²) in [7, 11) is 1.62. The van der Waals surface area contributed by atoms with Crippen LogP contribution in [0.15, 0.2) is 24.3 Å². The maximum atomic E-state index is 13.6. The van der Waals surface area contributed by atoms with Gasteiger partial charge in [0.1, 0.15) is 5.75 Å². The summed E-state index contributed by atoms with van der Waals surface area (Å²) in [5.41, 5.74) is 0.392. The predicted octanol–water partition coefficient (Wildman–Crippen LogP) is 3.66. The number of likely N-dealkylation sites (tertiary alicyclic amines) is 3. The van der Waals surface area contributed by atoms with Crippen molar-refractivity contribution in [2.75, 3.05) is 46.4 Å². The number of carbonyl (C=O) groups is 2. The Morgan fingerprint density at radius 1 is 1.09 bits per heavy atom. The first-order valence-electron chi connectivity index (χ1n) is 12.3. The topological polar surface area (TPSA) is 53.1 Å². The number of carbonyl (C=O) groups excluding carboxylic acids is 2. The second kappa shape index (κ2) is 9.05.